The largest absolute Gasteiger partial charge is 0.405 e. The van der Waals surface area contributed by atoms with Crippen molar-refractivity contribution in [2.24, 2.45) is 0 Å². The third kappa shape index (κ3) is 3.71. The van der Waals surface area contributed by atoms with Crippen molar-refractivity contribution in [1.82, 2.24) is 20.4 Å². The average Bonchev–Trinajstić information content (AvgIpc) is 3.33. The van der Waals surface area contributed by atoms with E-state index in [1.807, 2.05) is 5.32 Å². The van der Waals surface area contributed by atoms with Crippen LogP contribution in [0.5, 0.6) is 0 Å². The lowest BCUT2D eigenvalue weighted by molar-refractivity contribution is -0.138. The number of H-pyrrole nitrogens is 1. The fourth-order valence-corrected chi connectivity index (χ4v) is 5.29. The number of fused-ring (bicyclic) bond motifs is 3. The molecule has 0 saturated carbocycles. The molecule has 8 nitrogen and oxygen atoms in total. The van der Waals surface area contributed by atoms with E-state index in [0.29, 0.717) is 26.9 Å². The number of alkyl halides is 3. The Kier molecular flexibility index (Phi) is 5.15. The monoisotopic (exact) mass is 535 g/mol. The summed E-state index contributed by atoms with van der Waals surface area (Å²) in [4.78, 5) is 39.5. The summed E-state index contributed by atoms with van der Waals surface area (Å²) in [5, 5.41) is 12.2. The van der Waals surface area contributed by atoms with Gasteiger partial charge in [-0.1, -0.05) is 22.0 Å². The summed E-state index contributed by atoms with van der Waals surface area (Å²) in [6.45, 7) is -1.15. The van der Waals surface area contributed by atoms with Gasteiger partial charge in [-0.2, -0.15) is 18.3 Å². The summed E-state index contributed by atoms with van der Waals surface area (Å²) in [6.07, 6.45) is -3.18. The lowest BCUT2D eigenvalue weighted by atomic mass is 9.74. The van der Waals surface area contributed by atoms with Crippen LogP contribution in [0, 0.1) is 0 Å². The Hall–Kier alpha value is -3.41. The minimum Gasteiger partial charge on any atom is -0.347 e. The Balaban J connectivity index is 1.36. The molecule has 0 aliphatic carbocycles. The minimum atomic E-state index is -4.50. The maximum atomic E-state index is 13.0. The number of carbonyl (C=O) groups excluding carboxylic acids is 3. The molecule has 34 heavy (non-hydrogen) atoms. The van der Waals surface area contributed by atoms with Gasteiger partial charge in [-0.05, 0) is 29.8 Å². The maximum absolute atomic E-state index is 13.0. The van der Waals surface area contributed by atoms with E-state index < -0.39 is 24.0 Å². The normalized spacial score (nSPS) is 16.4. The van der Waals surface area contributed by atoms with Crippen LogP contribution in [0.15, 0.2) is 41.0 Å². The Bertz CT molecular complexity index is 1350. The van der Waals surface area contributed by atoms with Gasteiger partial charge in [0, 0.05) is 39.8 Å². The number of benzene rings is 2. The van der Waals surface area contributed by atoms with E-state index in [-0.39, 0.29) is 31.3 Å². The second-order valence-electron chi connectivity index (χ2n) is 8.40. The summed E-state index contributed by atoms with van der Waals surface area (Å²) < 4.78 is 37.6. The zero-order valence-electron chi connectivity index (χ0n) is 17.4. The first kappa shape index (κ1) is 22.4. The second-order valence-corrected chi connectivity index (χ2v) is 9.19. The lowest BCUT2D eigenvalue weighted by Gasteiger charge is -2.46. The molecular weight excluding hydrogens is 519 g/mol. The van der Waals surface area contributed by atoms with E-state index in [1.165, 1.54) is 0 Å². The van der Waals surface area contributed by atoms with E-state index in [4.69, 9.17) is 0 Å². The number of amides is 3. The smallest absolute Gasteiger partial charge is 0.347 e. The van der Waals surface area contributed by atoms with Gasteiger partial charge in [0.05, 0.1) is 18.1 Å². The molecule has 1 aromatic heterocycles. The third-order valence-corrected chi connectivity index (χ3v) is 7.02. The van der Waals surface area contributed by atoms with Crippen molar-refractivity contribution in [3.63, 3.8) is 0 Å². The molecule has 2 aliphatic heterocycles. The van der Waals surface area contributed by atoms with Gasteiger partial charge in [-0.15, -0.1) is 0 Å². The summed E-state index contributed by atoms with van der Waals surface area (Å²) in [5.74, 6) is -1.28. The number of hydrogen-bond acceptors (Lipinski definition) is 4. The predicted octanol–water partition coefficient (Wildman–Crippen LogP) is 2.89. The van der Waals surface area contributed by atoms with Crippen LogP contribution in [0.3, 0.4) is 0 Å². The van der Waals surface area contributed by atoms with E-state index in [2.05, 4.69) is 31.4 Å². The summed E-state index contributed by atoms with van der Waals surface area (Å²) in [6, 6.07) is 8.37. The Labute approximate surface area is 199 Å². The van der Waals surface area contributed by atoms with Crippen molar-refractivity contribution >= 4 is 50.2 Å². The van der Waals surface area contributed by atoms with Gasteiger partial charge in [0.1, 0.15) is 12.0 Å². The highest BCUT2D eigenvalue weighted by Gasteiger charge is 2.57. The van der Waals surface area contributed by atoms with Crippen LogP contribution in [0.1, 0.15) is 21.5 Å². The number of hydrogen-bond donors (Lipinski definition) is 3. The number of carbonyl (C=O) groups is 3. The van der Waals surface area contributed by atoms with E-state index in [9.17, 15) is 27.6 Å². The second kappa shape index (κ2) is 7.83. The molecule has 0 atom stereocenters. The van der Waals surface area contributed by atoms with Crippen molar-refractivity contribution in [2.45, 2.75) is 18.0 Å². The molecule has 12 heteroatoms. The third-order valence-electron chi connectivity index (χ3n) is 6.12. The van der Waals surface area contributed by atoms with Crippen molar-refractivity contribution in [3.8, 4) is 0 Å². The number of aromatic nitrogens is 2. The summed E-state index contributed by atoms with van der Waals surface area (Å²) in [7, 11) is 0. The molecule has 3 aromatic rings. The minimum absolute atomic E-state index is 0.135. The summed E-state index contributed by atoms with van der Waals surface area (Å²) >= 11 is 3.45. The molecule has 1 fully saturated rings. The first-order valence-electron chi connectivity index (χ1n) is 10.3. The van der Waals surface area contributed by atoms with Crippen LogP contribution in [-0.2, 0) is 21.4 Å². The Morgan fingerprint density at radius 3 is 2.71 bits per heavy atom. The molecule has 1 saturated heterocycles. The van der Waals surface area contributed by atoms with Crippen molar-refractivity contribution in [2.75, 3.05) is 25.0 Å². The molecule has 5 rings (SSSR count). The molecule has 176 valence electrons. The molecule has 3 amide bonds. The highest BCUT2D eigenvalue weighted by atomic mass is 79.9. The first-order valence-corrected chi connectivity index (χ1v) is 11.1. The van der Waals surface area contributed by atoms with Gasteiger partial charge < -0.3 is 15.5 Å². The average molecular weight is 536 g/mol. The quantitative estimate of drug-likeness (QED) is 0.477. The topological polar surface area (TPSA) is 107 Å². The maximum Gasteiger partial charge on any atom is 0.405 e. The predicted molar refractivity (Wildman–Crippen MR) is 119 cm³/mol. The van der Waals surface area contributed by atoms with Crippen LogP contribution < -0.4 is 10.6 Å². The number of nitrogens with one attached hydrogen (secondary N) is 3. The number of halogens is 4. The van der Waals surface area contributed by atoms with Gasteiger partial charge in [0.25, 0.3) is 5.91 Å². The van der Waals surface area contributed by atoms with Gasteiger partial charge >= 0.3 is 6.18 Å². The van der Waals surface area contributed by atoms with E-state index >= 15 is 0 Å². The molecule has 0 radical (unpaired) electrons. The van der Waals surface area contributed by atoms with E-state index in [0.717, 1.165) is 10.9 Å². The Morgan fingerprint density at radius 1 is 1.21 bits per heavy atom. The van der Waals surface area contributed by atoms with Crippen molar-refractivity contribution in [1.29, 1.82) is 0 Å². The summed E-state index contributed by atoms with van der Waals surface area (Å²) in [5.41, 5.74) is 1.87. The Morgan fingerprint density at radius 2 is 1.97 bits per heavy atom. The molecule has 3 N–H and O–H groups in total. The fraction of sp³-hybridized carbons (Fsp3) is 0.273. The van der Waals surface area contributed by atoms with Gasteiger partial charge in [0.15, 0.2) is 0 Å². The highest BCUT2D eigenvalue weighted by Crippen LogP contribution is 2.49. The van der Waals surface area contributed by atoms with Gasteiger partial charge in [-0.25, -0.2) is 0 Å². The number of anilines is 1. The molecule has 3 heterocycles. The van der Waals surface area contributed by atoms with E-state index in [1.54, 1.807) is 41.4 Å². The number of nitrogens with zero attached hydrogens (tertiary/aromatic N) is 2. The molecule has 1 spiro atoms. The van der Waals surface area contributed by atoms with Crippen LogP contribution in [-0.4, -0.2) is 58.6 Å². The van der Waals surface area contributed by atoms with Crippen LogP contribution in [0.25, 0.3) is 10.9 Å². The zero-order chi connectivity index (χ0) is 24.3. The molecule has 2 aromatic carbocycles. The van der Waals surface area contributed by atoms with Crippen molar-refractivity contribution < 1.29 is 27.6 Å². The molecular formula is C22H17BrF3N5O3. The van der Waals surface area contributed by atoms with Crippen LogP contribution in [0.2, 0.25) is 0 Å². The fourth-order valence-electron chi connectivity index (χ4n) is 4.43. The van der Waals surface area contributed by atoms with Gasteiger partial charge in [-0.3, -0.25) is 19.5 Å². The van der Waals surface area contributed by atoms with Gasteiger partial charge in [0.2, 0.25) is 11.8 Å². The standard InChI is InChI=1S/C22H17BrF3N5O3/c23-18-11(6-16(32)27-8-22(24,25)26)1-4-15-17(18)21(20(34)29-15)9-31(10-21)19(33)12-2-3-14-13(5-12)7-28-30-14/h1-5,7H,6,8-10H2,(H,27,32)(H,28,30)(H,29,34). The van der Waals surface area contributed by atoms with Crippen molar-refractivity contribution in [3.05, 3.63) is 57.7 Å². The first-order chi connectivity index (χ1) is 16.1. The number of aromatic amines is 1. The van der Waals surface area contributed by atoms with Crippen LogP contribution >= 0.6 is 15.9 Å². The molecule has 2 aliphatic rings. The number of rotatable bonds is 4. The zero-order valence-corrected chi connectivity index (χ0v) is 19.0. The van der Waals surface area contributed by atoms with Crippen LogP contribution in [0.4, 0.5) is 18.9 Å². The SMILES string of the molecule is O=C(Cc1ccc2c(c1Br)C1(CN(C(=O)c3ccc4[nH]ncc4c3)C1)C(=O)N2)NCC(F)(F)F. The lowest BCUT2D eigenvalue weighted by Crippen LogP contribution is -2.64. The molecule has 0 bridgehead atoms. The number of likely N-dealkylation sites (tertiary alicyclic amines) is 1. The highest BCUT2D eigenvalue weighted by molar-refractivity contribution is 9.10. The molecule has 0 unspecified atom stereocenters.